The van der Waals surface area contributed by atoms with Crippen LogP contribution in [0, 0.1) is 5.82 Å². The van der Waals surface area contributed by atoms with Crippen LogP contribution in [0.2, 0.25) is 0 Å². The second-order valence-corrected chi connectivity index (χ2v) is 5.02. The highest BCUT2D eigenvalue weighted by Crippen LogP contribution is 2.18. The van der Waals surface area contributed by atoms with Crippen molar-refractivity contribution < 1.29 is 9.18 Å². The molecule has 5 heteroatoms. The molecule has 1 aliphatic rings. The lowest BCUT2D eigenvalue weighted by Crippen LogP contribution is -2.33. The molecule has 92 valence electrons. The molecule has 1 aromatic rings. The maximum atomic E-state index is 13.4. The summed E-state index contributed by atoms with van der Waals surface area (Å²) in [7, 11) is 0. The fourth-order valence-corrected chi connectivity index (χ4v) is 1.87. The van der Waals surface area contributed by atoms with Crippen molar-refractivity contribution in [3.8, 4) is 0 Å². The van der Waals surface area contributed by atoms with Crippen LogP contribution in [0.5, 0.6) is 0 Å². The van der Waals surface area contributed by atoms with Gasteiger partial charge in [-0.1, -0.05) is 15.9 Å². The molecular formula is C12H14BrFN2O. The number of carbonyl (C=O) groups is 1. The van der Waals surface area contributed by atoms with E-state index in [9.17, 15) is 9.18 Å². The quantitative estimate of drug-likeness (QED) is 0.818. The molecule has 2 N–H and O–H groups in total. The van der Waals surface area contributed by atoms with Crippen LogP contribution in [0.1, 0.15) is 23.2 Å². The molecule has 0 bridgehead atoms. The number of hydrogen-bond donors (Lipinski definition) is 2. The van der Waals surface area contributed by atoms with Gasteiger partial charge in [0.05, 0.1) is 5.56 Å². The van der Waals surface area contributed by atoms with Crippen LogP contribution in [-0.2, 0) is 0 Å². The number of nitrogens with one attached hydrogen (secondary N) is 2. The van der Waals surface area contributed by atoms with Crippen molar-refractivity contribution in [2.24, 2.45) is 0 Å². The molecular weight excluding hydrogens is 287 g/mol. The van der Waals surface area contributed by atoms with Crippen LogP contribution in [0.3, 0.4) is 0 Å². The third kappa shape index (κ3) is 3.78. The Morgan fingerprint density at radius 1 is 1.41 bits per heavy atom. The Morgan fingerprint density at radius 3 is 2.88 bits per heavy atom. The Morgan fingerprint density at radius 2 is 2.18 bits per heavy atom. The van der Waals surface area contributed by atoms with E-state index in [1.807, 2.05) is 0 Å². The predicted molar refractivity (Wildman–Crippen MR) is 67.5 cm³/mol. The van der Waals surface area contributed by atoms with Crippen LogP contribution >= 0.6 is 15.9 Å². The van der Waals surface area contributed by atoms with Gasteiger partial charge < -0.3 is 10.6 Å². The highest BCUT2D eigenvalue weighted by atomic mass is 79.9. The third-order valence-electron chi connectivity index (χ3n) is 2.59. The fourth-order valence-electron chi connectivity index (χ4n) is 1.51. The minimum absolute atomic E-state index is 0.0748. The van der Waals surface area contributed by atoms with Gasteiger partial charge in [0, 0.05) is 23.6 Å². The molecule has 0 aliphatic heterocycles. The lowest BCUT2D eigenvalue weighted by atomic mass is 10.2. The standard InChI is InChI=1S/C12H14BrFN2O/c13-8-1-4-11(14)10(7-8)12(17)16-6-5-15-9-2-3-9/h1,4,7,9,15H,2-3,5-6H2,(H,16,17). The molecule has 0 atom stereocenters. The van der Waals surface area contributed by atoms with E-state index in [-0.39, 0.29) is 11.5 Å². The van der Waals surface area contributed by atoms with Gasteiger partial charge in [-0.15, -0.1) is 0 Å². The maximum absolute atomic E-state index is 13.4. The van der Waals surface area contributed by atoms with Gasteiger partial charge in [0.2, 0.25) is 0 Å². The normalized spacial score (nSPS) is 14.7. The molecule has 0 spiro atoms. The number of benzene rings is 1. The van der Waals surface area contributed by atoms with Gasteiger partial charge in [-0.05, 0) is 31.0 Å². The number of amides is 1. The predicted octanol–water partition coefficient (Wildman–Crippen LogP) is 2.07. The van der Waals surface area contributed by atoms with E-state index in [0.717, 1.165) is 6.54 Å². The van der Waals surface area contributed by atoms with Crippen LogP contribution in [0.25, 0.3) is 0 Å². The summed E-state index contributed by atoms with van der Waals surface area (Å²) < 4.78 is 14.1. The number of halogens is 2. The molecule has 1 saturated carbocycles. The summed E-state index contributed by atoms with van der Waals surface area (Å²) in [6, 6.07) is 4.95. The van der Waals surface area contributed by atoms with E-state index in [1.54, 1.807) is 6.07 Å². The van der Waals surface area contributed by atoms with Crippen LogP contribution in [0.15, 0.2) is 22.7 Å². The lowest BCUT2D eigenvalue weighted by molar-refractivity contribution is 0.0950. The van der Waals surface area contributed by atoms with Gasteiger partial charge in [-0.25, -0.2) is 4.39 Å². The second kappa shape index (κ2) is 5.60. The summed E-state index contributed by atoms with van der Waals surface area (Å²) in [6.07, 6.45) is 2.43. The molecule has 3 nitrogen and oxygen atoms in total. The van der Waals surface area contributed by atoms with Crippen LogP contribution in [-0.4, -0.2) is 25.0 Å². The smallest absolute Gasteiger partial charge is 0.254 e. The zero-order chi connectivity index (χ0) is 12.3. The highest BCUT2D eigenvalue weighted by molar-refractivity contribution is 9.10. The molecule has 0 aromatic heterocycles. The van der Waals surface area contributed by atoms with Gasteiger partial charge in [0.15, 0.2) is 0 Å². The van der Waals surface area contributed by atoms with Gasteiger partial charge in [0.1, 0.15) is 5.82 Å². The molecule has 1 aromatic carbocycles. The molecule has 1 fully saturated rings. The van der Waals surface area contributed by atoms with Crippen molar-refractivity contribution >= 4 is 21.8 Å². The van der Waals surface area contributed by atoms with E-state index in [2.05, 4.69) is 26.6 Å². The first-order valence-electron chi connectivity index (χ1n) is 5.63. The van der Waals surface area contributed by atoms with E-state index >= 15 is 0 Å². The van der Waals surface area contributed by atoms with Crippen molar-refractivity contribution in [2.75, 3.05) is 13.1 Å². The average Bonchev–Trinajstić information content (AvgIpc) is 3.11. The summed E-state index contributed by atoms with van der Waals surface area (Å²) in [5, 5.41) is 5.96. The summed E-state index contributed by atoms with van der Waals surface area (Å²) >= 11 is 3.21. The Hall–Kier alpha value is -0.940. The largest absolute Gasteiger partial charge is 0.351 e. The van der Waals surface area contributed by atoms with Crippen LogP contribution in [0.4, 0.5) is 4.39 Å². The summed E-state index contributed by atoms with van der Waals surface area (Å²) in [4.78, 5) is 11.7. The highest BCUT2D eigenvalue weighted by Gasteiger charge is 2.19. The first kappa shape index (κ1) is 12.5. The molecule has 0 heterocycles. The van der Waals surface area contributed by atoms with Crippen molar-refractivity contribution in [1.29, 1.82) is 0 Å². The van der Waals surface area contributed by atoms with Crippen molar-refractivity contribution in [3.63, 3.8) is 0 Å². The first-order chi connectivity index (χ1) is 8.16. The first-order valence-corrected chi connectivity index (χ1v) is 6.43. The van der Waals surface area contributed by atoms with Gasteiger partial charge in [0.25, 0.3) is 5.91 Å². The maximum Gasteiger partial charge on any atom is 0.254 e. The topological polar surface area (TPSA) is 41.1 Å². The number of hydrogen-bond acceptors (Lipinski definition) is 2. The molecule has 0 radical (unpaired) electrons. The van der Waals surface area contributed by atoms with E-state index in [4.69, 9.17) is 0 Å². The lowest BCUT2D eigenvalue weighted by Gasteiger charge is -2.07. The van der Waals surface area contributed by atoms with Crippen LogP contribution < -0.4 is 10.6 Å². The van der Waals surface area contributed by atoms with Gasteiger partial charge in [-0.3, -0.25) is 4.79 Å². The Balaban J connectivity index is 1.82. The third-order valence-corrected chi connectivity index (χ3v) is 3.09. The van der Waals surface area contributed by atoms with Crippen molar-refractivity contribution in [2.45, 2.75) is 18.9 Å². The van der Waals surface area contributed by atoms with E-state index in [0.29, 0.717) is 17.1 Å². The molecule has 1 aliphatic carbocycles. The zero-order valence-electron chi connectivity index (χ0n) is 9.30. The fraction of sp³-hybridized carbons (Fsp3) is 0.417. The van der Waals surface area contributed by atoms with Gasteiger partial charge in [-0.2, -0.15) is 0 Å². The Labute approximate surface area is 108 Å². The van der Waals surface area contributed by atoms with Gasteiger partial charge >= 0.3 is 0 Å². The average molecular weight is 301 g/mol. The number of carbonyl (C=O) groups excluding carboxylic acids is 1. The molecule has 0 saturated heterocycles. The summed E-state index contributed by atoms with van der Waals surface area (Å²) in [5.74, 6) is -0.873. The summed E-state index contributed by atoms with van der Waals surface area (Å²) in [6.45, 7) is 1.24. The van der Waals surface area contributed by atoms with Crippen molar-refractivity contribution in [1.82, 2.24) is 10.6 Å². The second-order valence-electron chi connectivity index (χ2n) is 4.11. The zero-order valence-corrected chi connectivity index (χ0v) is 10.9. The monoisotopic (exact) mass is 300 g/mol. The van der Waals surface area contributed by atoms with Crippen molar-refractivity contribution in [3.05, 3.63) is 34.1 Å². The minimum Gasteiger partial charge on any atom is -0.351 e. The molecule has 17 heavy (non-hydrogen) atoms. The molecule has 1 amide bonds. The SMILES string of the molecule is O=C(NCCNC1CC1)c1cc(Br)ccc1F. The Bertz CT molecular complexity index is 421. The van der Waals surface area contributed by atoms with E-state index < -0.39 is 5.82 Å². The number of rotatable bonds is 5. The summed E-state index contributed by atoms with van der Waals surface area (Å²) in [5.41, 5.74) is 0.0748. The van der Waals surface area contributed by atoms with E-state index in [1.165, 1.54) is 25.0 Å². The molecule has 2 rings (SSSR count). The minimum atomic E-state index is -0.499. The Kier molecular flexibility index (Phi) is 4.12. The molecule has 0 unspecified atom stereocenters.